The number of amides is 1. The molecule has 3 aromatic rings. The van der Waals surface area contributed by atoms with Crippen LogP contribution in [0.3, 0.4) is 0 Å². The number of anilines is 2. The molecule has 0 spiro atoms. The van der Waals surface area contributed by atoms with Gasteiger partial charge in [0.25, 0.3) is 5.91 Å². The van der Waals surface area contributed by atoms with Crippen LogP contribution in [0.15, 0.2) is 78.9 Å². The maximum atomic E-state index is 13.3. The molecule has 0 saturated heterocycles. The van der Waals surface area contributed by atoms with Crippen molar-refractivity contribution >= 4 is 39.9 Å². The Hall–Kier alpha value is -2.34. The van der Waals surface area contributed by atoms with Crippen LogP contribution in [0.25, 0.3) is 0 Å². The first-order chi connectivity index (χ1) is 13.1. The number of benzene rings is 3. The molecule has 0 radical (unpaired) electrons. The molecule has 1 heterocycles. The summed E-state index contributed by atoms with van der Waals surface area (Å²) in [6.07, 6.45) is 0.863. The zero-order valence-corrected chi connectivity index (χ0v) is 17.3. The van der Waals surface area contributed by atoms with Crippen LogP contribution in [0.1, 0.15) is 35.3 Å². The zero-order chi connectivity index (χ0) is 18.8. The number of hydrogen-bond donors (Lipinski definition) is 1. The van der Waals surface area contributed by atoms with E-state index in [1.165, 1.54) is 5.56 Å². The van der Waals surface area contributed by atoms with Gasteiger partial charge in [0.05, 0.1) is 6.04 Å². The third kappa shape index (κ3) is 3.72. The molecule has 3 nitrogen and oxygen atoms in total. The number of halogens is 1. The van der Waals surface area contributed by atoms with Crippen LogP contribution in [-0.2, 0) is 0 Å². The molecule has 3 aromatic carbocycles. The van der Waals surface area contributed by atoms with Gasteiger partial charge in [-0.3, -0.25) is 4.79 Å². The molecule has 0 fully saturated rings. The number of nitrogens with one attached hydrogen (secondary N) is 1. The van der Waals surface area contributed by atoms with Gasteiger partial charge >= 0.3 is 0 Å². The third-order valence-corrected chi connectivity index (χ3v) is 5.73. The molecule has 0 aromatic heterocycles. The number of para-hydroxylation sites is 2. The Morgan fingerprint density at radius 2 is 1.63 bits per heavy atom. The number of hydrogen-bond acceptors (Lipinski definition) is 2. The highest BCUT2D eigenvalue weighted by Gasteiger charge is 2.34. The molecule has 0 aliphatic carbocycles. The number of carbonyl (C=O) groups is 1. The SMILES string of the molecule is C[C@@H]1C[C@H](Nc2ccccc2)c2ccccc2N1C(=O)c1ccc(I)cc1. The van der Waals surface area contributed by atoms with E-state index in [1.54, 1.807) is 0 Å². The Morgan fingerprint density at radius 1 is 0.963 bits per heavy atom. The van der Waals surface area contributed by atoms with E-state index in [9.17, 15) is 4.79 Å². The van der Waals surface area contributed by atoms with Gasteiger partial charge in [-0.2, -0.15) is 0 Å². The van der Waals surface area contributed by atoms with Crippen molar-refractivity contribution in [3.63, 3.8) is 0 Å². The Balaban J connectivity index is 1.68. The summed E-state index contributed by atoms with van der Waals surface area (Å²) in [4.78, 5) is 15.2. The molecule has 4 rings (SSSR count). The average Bonchev–Trinajstić information content (AvgIpc) is 2.69. The van der Waals surface area contributed by atoms with Crippen LogP contribution in [0.4, 0.5) is 11.4 Å². The van der Waals surface area contributed by atoms with Crippen LogP contribution < -0.4 is 10.2 Å². The lowest BCUT2D eigenvalue weighted by Crippen LogP contribution is -2.44. The van der Waals surface area contributed by atoms with E-state index in [-0.39, 0.29) is 18.0 Å². The van der Waals surface area contributed by atoms with E-state index < -0.39 is 0 Å². The molecule has 1 N–H and O–H groups in total. The summed E-state index contributed by atoms with van der Waals surface area (Å²) in [6, 6.07) is 26.5. The van der Waals surface area contributed by atoms with Crippen LogP contribution in [0, 0.1) is 3.57 Å². The molecule has 1 aliphatic rings. The Morgan fingerprint density at radius 3 is 2.37 bits per heavy atom. The topological polar surface area (TPSA) is 32.3 Å². The molecule has 1 amide bonds. The number of nitrogens with zero attached hydrogens (tertiary/aromatic N) is 1. The number of fused-ring (bicyclic) bond motifs is 1. The molecular weight excluding hydrogens is 447 g/mol. The molecule has 27 heavy (non-hydrogen) atoms. The maximum Gasteiger partial charge on any atom is 0.258 e. The molecular formula is C23H21IN2O. The first kappa shape index (κ1) is 18.0. The number of rotatable bonds is 3. The van der Waals surface area contributed by atoms with Crippen LogP contribution >= 0.6 is 22.6 Å². The molecule has 0 saturated carbocycles. The van der Waals surface area contributed by atoms with E-state index in [1.807, 2.05) is 59.5 Å². The van der Waals surface area contributed by atoms with Crippen molar-refractivity contribution in [2.75, 3.05) is 10.2 Å². The lowest BCUT2D eigenvalue weighted by Gasteiger charge is -2.40. The van der Waals surface area contributed by atoms with Gasteiger partial charge in [0.1, 0.15) is 0 Å². The molecule has 1 aliphatic heterocycles. The smallest absolute Gasteiger partial charge is 0.258 e. The van der Waals surface area contributed by atoms with Gasteiger partial charge in [-0.05, 0) is 84.0 Å². The van der Waals surface area contributed by atoms with Crippen molar-refractivity contribution in [2.24, 2.45) is 0 Å². The van der Waals surface area contributed by atoms with Gasteiger partial charge in [-0.25, -0.2) is 0 Å². The summed E-state index contributed by atoms with van der Waals surface area (Å²) in [5, 5.41) is 3.64. The van der Waals surface area contributed by atoms with Gasteiger partial charge in [0.15, 0.2) is 0 Å². The van der Waals surface area contributed by atoms with Gasteiger partial charge in [-0.1, -0.05) is 36.4 Å². The molecule has 2 atom stereocenters. The summed E-state index contributed by atoms with van der Waals surface area (Å²) in [7, 11) is 0. The largest absolute Gasteiger partial charge is 0.378 e. The van der Waals surface area contributed by atoms with Gasteiger partial charge in [0.2, 0.25) is 0 Å². The Bertz CT molecular complexity index is 940. The van der Waals surface area contributed by atoms with Crippen molar-refractivity contribution in [1.29, 1.82) is 0 Å². The highest BCUT2D eigenvalue weighted by Crippen LogP contribution is 2.39. The van der Waals surface area contributed by atoms with Crippen molar-refractivity contribution in [3.05, 3.63) is 93.6 Å². The summed E-state index contributed by atoms with van der Waals surface area (Å²) in [5.74, 6) is 0.0597. The van der Waals surface area contributed by atoms with Gasteiger partial charge in [-0.15, -0.1) is 0 Å². The van der Waals surface area contributed by atoms with E-state index in [0.717, 1.165) is 26.9 Å². The predicted molar refractivity (Wildman–Crippen MR) is 119 cm³/mol. The normalized spacial score (nSPS) is 18.7. The molecule has 136 valence electrons. The summed E-state index contributed by atoms with van der Waals surface area (Å²) in [5.41, 5.74) is 3.99. The second-order valence-corrected chi connectivity index (χ2v) is 8.13. The third-order valence-electron chi connectivity index (χ3n) is 5.01. The summed E-state index contributed by atoms with van der Waals surface area (Å²) in [6.45, 7) is 2.13. The summed E-state index contributed by atoms with van der Waals surface area (Å²) >= 11 is 2.26. The fourth-order valence-corrected chi connectivity index (χ4v) is 4.09. The Labute approximate surface area is 173 Å². The maximum absolute atomic E-state index is 13.3. The van der Waals surface area contributed by atoms with Crippen molar-refractivity contribution in [1.82, 2.24) is 0 Å². The monoisotopic (exact) mass is 468 g/mol. The first-order valence-corrected chi connectivity index (χ1v) is 10.2. The van der Waals surface area contributed by atoms with Gasteiger partial charge < -0.3 is 10.2 Å². The van der Waals surface area contributed by atoms with E-state index in [2.05, 4.69) is 59.1 Å². The first-order valence-electron chi connectivity index (χ1n) is 9.13. The minimum Gasteiger partial charge on any atom is -0.378 e. The van der Waals surface area contributed by atoms with Crippen LogP contribution in [-0.4, -0.2) is 11.9 Å². The van der Waals surface area contributed by atoms with E-state index >= 15 is 0 Å². The fourth-order valence-electron chi connectivity index (χ4n) is 3.73. The van der Waals surface area contributed by atoms with Crippen LogP contribution in [0.5, 0.6) is 0 Å². The minimum atomic E-state index is 0.0597. The second-order valence-electron chi connectivity index (χ2n) is 6.89. The van der Waals surface area contributed by atoms with Crippen molar-refractivity contribution in [2.45, 2.75) is 25.4 Å². The number of carbonyl (C=O) groups excluding carboxylic acids is 1. The average molecular weight is 468 g/mol. The zero-order valence-electron chi connectivity index (χ0n) is 15.1. The highest BCUT2D eigenvalue weighted by atomic mass is 127. The Kier molecular flexibility index (Phi) is 5.16. The lowest BCUT2D eigenvalue weighted by molar-refractivity contribution is 0.0974. The minimum absolute atomic E-state index is 0.0597. The lowest BCUT2D eigenvalue weighted by atomic mass is 9.90. The van der Waals surface area contributed by atoms with Crippen molar-refractivity contribution in [3.8, 4) is 0 Å². The molecule has 0 unspecified atom stereocenters. The highest BCUT2D eigenvalue weighted by molar-refractivity contribution is 14.1. The predicted octanol–water partition coefficient (Wildman–Crippen LogP) is 5.88. The summed E-state index contributed by atoms with van der Waals surface area (Å²) < 4.78 is 1.13. The standard InChI is InChI=1S/C23H21IN2O/c1-16-15-21(25-19-7-3-2-4-8-19)20-9-5-6-10-22(20)26(16)23(27)17-11-13-18(24)14-12-17/h2-14,16,21,25H,15H2,1H3/t16-,21+/m1/s1. The molecule has 0 bridgehead atoms. The van der Waals surface area contributed by atoms with Gasteiger partial charge in [0, 0.05) is 26.6 Å². The van der Waals surface area contributed by atoms with Crippen LogP contribution in [0.2, 0.25) is 0 Å². The molecule has 4 heteroatoms. The quantitative estimate of drug-likeness (QED) is 0.487. The second kappa shape index (κ2) is 7.72. The fraction of sp³-hybridized carbons (Fsp3) is 0.174. The van der Waals surface area contributed by atoms with E-state index in [0.29, 0.717) is 0 Å². The van der Waals surface area contributed by atoms with Crippen molar-refractivity contribution < 1.29 is 4.79 Å². The van der Waals surface area contributed by atoms with E-state index in [4.69, 9.17) is 0 Å².